The van der Waals surface area contributed by atoms with Crippen LogP contribution in [0.3, 0.4) is 0 Å². The highest BCUT2D eigenvalue weighted by molar-refractivity contribution is 6.31. The van der Waals surface area contributed by atoms with Gasteiger partial charge in [0.1, 0.15) is 5.75 Å². The van der Waals surface area contributed by atoms with Gasteiger partial charge in [-0.25, -0.2) is 0 Å². The molecule has 142 valence electrons. The summed E-state index contributed by atoms with van der Waals surface area (Å²) in [7, 11) is 1.58. The minimum Gasteiger partial charge on any atom is -0.497 e. The molecule has 0 aliphatic carbocycles. The van der Waals surface area contributed by atoms with Gasteiger partial charge in [0.2, 0.25) is 0 Å². The number of carbonyl (C=O) groups is 2. The summed E-state index contributed by atoms with van der Waals surface area (Å²) in [6.07, 6.45) is 0. The van der Waals surface area contributed by atoms with E-state index in [-0.39, 0.29) is 11.8 Å². The minimum absolute atomic E-state index is 0.307. The third-order valence-electron chi connectivity index (χ3n) is 4.25. The van der Waals surface area contributed by atoms with Gasteiger partial charge in [0, 0.05) is 27.5 Å². The van der Waals surface area contributed by atoms with Crippen molar-refractivity contribution < 1.29 is 14.3 Å². The van der Waals surface area contributed by atoms with Gasteiger partial charge in [-0.2, -0.15) is 0 Å². The number of nitrogens with one attached hydrogen (secondary N) is 2. The van der Waals surface area contributed by atoms with Crippen molar-refractivity contribution in [1.29, 1.82) is 0 Å². The molecule has 6 heteroatoms. The monoisotopic (exact) mass is 394 g/mol. The van der Waals surface area contributed by atoms with Crippen LogP contribution < -0.4 is 15.4 Å². The Morgan fingerprint density at radius 1 is 0.857 bits per heavy atom. The molecule has 28 heavy (non-hydrogen) atoms. The van der Waals surface area contributed by atoms with Gasteiger partial charge in [-0.3, -0.25) is 9.59 Å². The Kier molecular flexibility index (Phi) is 5.96. The number of halogens is 1. The van der Waals surface area contributed by atoms with Crippen LogP contribution >= 0.6 is 11.6 Å². The van der Waals surface area contributed by atoms with Crippen LogP contribution in [-0.4, -0.2) is 18.9 Å². The standard InChI is InChI=1S/C22H19ClN2O3/c1-14-19(23)7-4-8-20(14)25-22(27)16-6-3-5-15(13-16)21(26)24-17-9-11-18(28-2)12-10-17/h3-13H,1-2H3,(H,24,26)(H,25,27). The van der Waals surface area contributed by atoms with Gasteiger partial charge in [0.05, 0.1) is 7.11 Å². The summed E-state index contributed by atoms with van der Waals surface area (Å²) in [6.45, 7) is 1.83. The van der Waals surface area contributed by atoms with E-state index >= 15 is 0 Å². The average Bonchev–Trinajstić information content (AvgIpc) is 2.72. The summed E-state index contributed by atoms with van der Waals surface area (Å²) in [5.41, 5.74) is 2.81. The van der Waals surface area contributed by atoms with Gasteiger partial charge < -0.3 is 15.4 Å². The Morgan fingerprint density at radius 2 is 1.46 bits per heavy atom. The highest BCUT2D eigenvalue weighted by Gasteiger charge is 2.12. The molecule has 0 saturated carbocycles. The lowest BCUT2D eigenvalue weighted by Crippen LogP contribution is -2.16. The molecule has 3 aromatic carbocycles. The van der Waals surface area contributed by atoms with Crippen LogP contribution in [0.2, 0.25) is 5.02 Å². The molecule has 0 atom stereocenters. The molecule has 0 unspecified atom stereocenters. The molecule has 0 fully saturated rings. The van der Waals surface area contributed by atoms with Crippen LogP contribution in [0.4, 0.5) is 11.4 Å². The average molecular weight is 395 g/mol. The van der Waals surface area contributed by atoms with E-state index in [1.807, 2.05) is 6.92 Å². The molecule has 0 heterocycles. The van der Waals surface area contributed by atoms with Crippen molar-refractivity contribution in [3.63, 3.8) is 0 Å². The van der Waals surface area contributed by atoms with E-state index in [0.717, 1.165) is 5.56 Å². The second-order valence-corrected chi connectivity index (χ2v) is 6.54. The second kappa shape index (κ2) is 8.59. The van der Waals surface area contributed by atoms with Crippen LogP contribution in [0, 0.1) is 6.92 Å². The molecule has 0 radical (unpaired) electrons. The number of amides is 2. The molecular formula is C22H19ClN2O3. The summed E-state index contributed by atoms with van der Waals surface area (Å²) in [6, 6.07) is 18.8. The van der Waals surface area contributed by atoms with Gasteiger partial charge in [0.15, 0.2) is 0 Å². The van der Waals surface area contributed by atoms with Crippen molar-refractivity contribution in [2.45, 2.75) is 6.92 Å². The maximum absolute atomic E-state index is 12.6. The molecule has 2 N–H and O–H groups in total. The Balaban J connectivity index is 1.74. The first kappa shape index (κ1) is 19.5. The maximum atomic E-state index is 12.6. The number of benzene rings is 3. The number of anilines is 2. The lowest BCUT2D eigenvalue weighted by molar-refractivity contribution is 0.102. The van der Waals surface area contributed by atoms with Crippen molar-refractivity contribution in [2.24, 2.45) is 0 Å². The van der Waals surface area contributed by atoms with Crippen molar-refractivity contribution >= 4 is 34.8 Å². The molecule has 3 aromatic rings. The van der Waals surface area contributed by atoms with Crippen LogP contribution in [0.1, 0.15) is 26.3 Å². The fourth-order valence-corrected chi connectivity index (χ4v) is 2.79. The zero-order valence-corrected chi connectivity index (χ0v) is 16.2. The van der Waals surface area contributed by atoms with Crippen molar-refractivity contribution in [1.82, 2.24) is 0 Å². The smallest absolute Gasteiger partial charge is 0.255 e. The number of hydrogen-bond acceptors (Lipinski definition) is 3. The van der Waals surface area contributed by atoms with Gasteiger partial charge in [0.25, 0.3) is 11.8 Å². The Morgan fingerprint density at radius 3 is 2.11 bits per heavy atom. The number of carbonyl (C=O) groups excluding carboxylic acids is 2. The number of hydrogen-bond donors (Lipinski definition) is 2. The number of ether oxygens (including phenoxy) is 1. The zero-order chi connectivity index (χ0) is 20.1. The fraction of sp³-hybridized carbons (Fsp3) is 0.0909. The van der Waals surface area contributed by atoms with E-state index in [0.29, 0.717) is 33.3 Å². The molecule has 2 amide bonds. The van der Waals surface area contributed by atoms with E-state index in [9.17, 15) is 9.59 Å². The van der Waals surface area contributed by atoms with E-state index in [4.69, 9.17) is 16.3 Å². The van der Waals surface area contributed by atoms with Gasteiger partial charge >= 0.3 is 0 Å². The summed E-state index contributed by atoms with van der Waals surface area (Å²) in [5, 5.41) is 6.20. The fourth-order valence-electron chi connectivity index (χ4n) is 2.62. The van der Waals surface area contributed by atoms with Crippen molar-refractivity contribution in [3.05, 3.63) is 88.4 Å². The van der Waals surface area contributed by atoms with Crippen molar-refractivity contribution in [2.75, 3.05) is 17.7 Å². The normalized spacial score (nSPS) is 10.2. The van der Waals surface area contributed by atoms with Crippen LogP contribution in [0.25, 0.3) is 0 Å². The van der Waals surface area contributed by atoms with E-state index in [2.05, 4.69) is 10.6 Å². The second-order valence-electron chi connectivity index (χ2n) is 6.13. The highest BCUT2D eigenvalue weighted by Crippen LogP contribution is 2.23. The van der Waals surface area contributed by atoms with Crippen LogP contribution in [0.5, 0.6) is 5.75 Å². The first-order valence-electron chi connectivity index (χ1n) is 8.60. The SMILES string of the molecule is COc1ccc(NC(=O)c2cccc(C(=O)Nc3cccc(Cl)c3C)c2)cc1. The largest absolute Gasteiger partial charge is 0.497 e. The highest BCUT2D eigenvalue weighted by atomic mass is 35.5. The van der Waals surface area contributed by atoms with Gasteiger partial charge in [-0.05, 0) is 67.1 Å². The Labute approximate surface area is 168 Å². The summed E-state index contributed by atoms with van der Waals surface area (Å²) >= 11 is 6.09. The van der Waals surface area contributed by atoms with Crippen LogP contribution in [0.15, 0.2) is 66.7 Å². The molecule has 0 aliphatic rings. The summed E-state index contributed by atoms with van der Waals surface area (Å²) < 4.78 is 5.10. The Bertz CT molecular complexity index is 1020. The zero-order valence-electron chi connectivity index (χ0n) is 15.5. The van der Waals surface area contributed by atoms with E-state index in [1.165, 1.54) is 0 Å². The Hall–Kier alpha value is -3.31. The third kappa shape index (κ3) is 4.50. The maximum Gasteiger partial charge on any atom is 0.255 e. The van der Waals surface area contributed by atoms with Crippen LogP contribution in [-0.2, 0) is 0 Å². The lowest BCUT2D eigenvalue weighted by atomic mass is 10.1. The lowest BCUT2D eigenvalue weighted by Gasteiger charge is -2.11. The molecular weight excluding hydrogens is 376 g/mol. The predicted molar refractivity (Wildman–Crippen MR) is 112 cm³/mol. The first-order chi connectivity index (χ1) is 13.5. The molecule has 0 spiro atoms. The van der Waals surface area contributed by atoms with Gasteiger partial charge in [-0.15, -0.1) is 0 Å². The van der Waals surface area contributed by atoms with E-state index < -0.39 is 0 Å². The molecule has 3 rings (SSSR count). The first-order valence-corrected chi connectivity index (χ1v) is 8.97. The quantitative estimate of drug-likeness (QED) is 0.628. The molecule has 0 aromatic heterocycles. The number of rotatable bonds is 5. The molecule has 5 nitrogen and oxygen atoms in total. The molecule has 0 aliphatic heterocycles. The molecule has 0 saturated heterocycles. The summed E-state index contributed by atoms with van der Waals surface area (Å²) in [5.74, 6) is 0.0798. The third-order valence-corrected chi connectivity index (χ3v) is 4.66. The number of methoxy groups -OCH3 is 1. The van der Waals surface area contributed by atoms with Gasteiger partial charge in [-0.1, -0.05) is 23.7 Å². The van der Waals surface area contributed by atoms with Crippen molar-refractivity contribution in [3.8, 4) is 5.75 Å². The minimum atomic E-state index is -0.315. The summed E-state index contributed by atoms with van der Waals surface area (Å²) in [4.78, 5) is 25.1. The van der Waals surface area contributed by atoms with E-state index in [1.54, 1.807) is 73.8 Å². The molecule has 0 bridgehead atoms. The predicted octanol–water partition coefficient (Wildman–Crippen LogP) is 5.16. The topological polar surface area (TPSA) is 67.4 Å².